The Labute approximate surface area is 113 Å². The summed E-state index contributed by atoms with van der Waals surface area (Å²) in [6, 6.07) is 10.8. The van der Waals surface area contributed by atoms with E-state index in [-0.39, 0.29) is 0 Å². The zero-order chi connectivity index (χ0) is 14.3. The molecule has 0 atom stereocenters. The van der Waals surface area contributed by atoms with Crippen molar-refractivity contribution in [1.29, 1.82) is 5.26 Å². The third kappa shape index (κ3) is 1.82. The van der Waals surface area contributed by atoms with Crippen LogP contribution in [0.4, 0.5) is 8.78 Å². The van der Waals surface area contributed by atoms with Crippen LogP contribution < -0.4 is 0 Å². The summed E-state index contributed by atoms with van der Waals surface area (Å²) in [5.74, 6) is -1.28. The first-order valence-electron chi connectivity index (χ1n) is 5.92. The van der Waals surface area contributed by atoms with Gasteiger partial charge >= 0.3 is 0 Å². The fourth-order valence-corrected chi connectivity index (χ4v) is 2.15. The normalized spacial score (nSPS) is 10.7. The van der Waals surface area contributed by atoms with Gasteiger partial charge in [-0.3, -0.25) is 0 Å². The largest absolute Gasteiger partial charge is 0.327 e. The molecule has 0 N–H and O–H groups in total. The predicted molar refractivity (Wildman–Crippen MR) is 70.8 cm³/mol. The van der Waals surface area contributed by atoms with E-state index in [4.69, 9.17) is 5.26 Å². The van der Waals surface area contributed by atoms with Gasteiger partial charge in [0.2, 0.25) is 0 Å². The van der Waals surface area contributed by atoms with Crippen LogP contribution in [0, 0.1) is 23.0 Å². The fourth-order valence-electron chi connectivity index (χ4n) is 2.15. The predicted octanol–water partition coefficient (Wildman–Crippen LogP) is 3.39. The second-order valence-corrected chi connectivity index (χ2v) is 4.44. The minimum absolute atomic E-state index is 0.487. The van der Waals surface area contributed by atoms with E-state index in [1.165, 1.54) is 6.07 Å². The molecule has 1 heterocycles. The number of hydrogen-bond acceptors (Lipinski definition) is 2. The number of rotatable bonds is 1. The molecule has 0 bridgehead atoms. The van der Waals surface area contributed by atoms with Crippen molar-refractivity contribution < 1.29 is 8.78 Å². The number of nitrogens with zero attached hydrogens (tertiary/aromatic N) is 3. The molecule has 0 aliphatic rings. The lowest BCUT2D eigenvalue weighted by Crippen LogP contribution is -1.94. The summed E-state index contributed by atoms with van der Waals surface area (Å²) in [5, 5.41) is 8.91. The van der Waals surface area contributed by atoms with Gasteiger partial charge in [-0.05, 0) is 36.4 Å². The van der Waals surface area contributed by atoms with Gasteiger partial charge in [-0.1, -0.05) is 0 Å². The van der Waals surface area contributed by atoms with Crippen molar-refractivity contribution in [2.24, 2.45) is 7.05 Å². The highest BCUT2D eigenvalue weighted by Crippen LogP contribution is 2.25. The molecule has 2 aromatic carbocycles. The molecule has 0 aliphatic carbocycles. The summed E-state index contributed by atoms with van der Waals surface area (Å²) in [6.45, 7) is 0. The molecular formula is C15H9F2N3. The molecule has 5 heteroatoms. The van der Waals surface area contributed by atoms with Crippen molar-refractivity contribution in [1.82, 2.24) is 9.55 Å². The highest BCUT2D eigenvalue weighted by molar-refractivity contribution is 5.81. The van der Waals surface area contributed by atoms with Gasteiger partial charge in [0, 0.05) is 12.6 Å². The van der Waals surface area contributed by atoms with Crippen molar-refractivity contribution in [3.8, 4) is 17.5 Å². The smallest absolute Gasteiger partial charge is 0.159 e. The van der Waals surface area contributed by atoms with E-state index in [2.05, 4.69) is 11.1 Å². The fraction of sp³-hybridized carbons (Fsp3) is 0.0667. The van der Waals surface area contributed by atoms with Crippen molar-refractivity contribution in [3.63, 3.8) is 0 Å². The van der Waals surface area contributed by atoms with Crippen LogP contribution in [0.3, 0.4) is 0 Å². The summed E-state index contributed by atoms with van der Waals surface area (Å²) in [7, 11) is 1.77. The average molecular weight is 269 g/mol. The second-order valence-electron chi connectivity index (χ2n) is 4.44. The summed E-state index contributed by atoms with van der Waals surface area (Å²) < 4.78 is 28.0. The number of benzene rings is 2. The first-order chi connectivity index (χ1) is 9.60. The van der Waals surface area contributed by atoms with Crippen LogP contribution >= 0.6 is 0 Å². The monoisotopic (exact) mass is 269 g/mol. The third-order valence-corrected chi connectivity index (χ3v) is 3.19. The Bertz CT molecular complexity index is 859. The Morgan fingerprint density at radius 1 is 1.10 bits per heavy atom. The Morgan fingerprint density at radius 2 is 1.90 bits per heavy atom. The molecule has 0 amide bonds. The second kappa shape index (κ2) is 4.42. The minimum Gasteiger partial charge on any atom is -0.327 e. The molecular weight excluding hydrogens is 260 g/mol. The Balaban J connectivity index is 2.24. The van der Waals surface area contributed by atoms with E-state index in [9.17, 15) is 8.78 Å². The highest BCUT2D eigenvalue weighted by Gasteiger charge is 2.12. The average Bonchev–Trinajstić information content (AvgIpc) is 2.79. The molecule has 3 rings (SSSR count). The molecule has 20 heavy (non-hydrogen) atoms. The van der Waals surface area contributed by atoms with Crippen LogP contribution in [-0.4, -0.2) is 9.55 Å². The summed E-state index contributed by atoms with van der Waals surface area (Å²) in [5.41, 5.74) is 2.48. The van der Waals surface area contributed by atoms with Crippen LogP contribution in [0.5, 0.6) is 0 Å². The molecule has 0 unspecified atom stereocenters. The van der Waals surface area contributed by atoms with Gasteiger partial charge in [0.25, 0.3) is 0 Å². The van der Waals surface area contributed by atoms with Crippen molar-refractivity contribution >= 4 is 11.0 Å². The lowest BCUT2D eigenvalue weighted by Gasteiger charge is -2.03. The Hall–Kier alpha value is -2.74. The number of nitriles is 1. The minimum atomic E-state index is -0.910. The maximum atomic E-state index is 13.3. The molecule has 0 saturated carbocycles. The van der Waals surface area contributed by atoms with Crippen molar-refractivity contribution in [2.75, 3.05) is 0 Å². The van der Waals surface area contributed by atoms with Crippen molar-refractivity contribution in [3.05, 3.63) is 53.6 Å². The number of fused-ring (bicyclic) bond motifs is 1. The quantitative estimate of drug-likeness (QED) is 0.679. The van der Waals surface area contributed by atoms with Gasteiger partial charge in [-0.2, -0.15) is 5.26 Å². The van der Waals surface area contributed by atoms with Gasteiger partial charge in [-0.25, -0.2) is 13.8 Å². The first kappa shape index (κ1) is 12.3. The highest BCUT2D eigenvalue weighted by atomic mass is 19.2. The molecule has 0 fully saturated rings. The molecule has 98 valence electrons. The summed E-state index contributed by atoms with van der Waals surface area (Å²) in [6.07, 6.45) is 0. The van der Waals surface area contributed by atoms with Crippen LogP contribution in [0.25, 0.3) is 22.4 Å². The van der Waals surface area contributed by atoms with E-state index < -0.39 is 11.6 Å². The number of halogens is 2. The van der Waals surface area contributed by atoms with Gasteiger partial charge in [0.1, 0.15) is 5.82 Å². The molecule has 1 aromatic heterocycles. The van der Waals surface area contributed by atoms with Crippen molar-refractivity contribution in [2.45, 2.75) is 0 Å². The zero-order valence-corrected chi connectivity index (χ0v) is 10.6. The standard InChI is InChI=1S/C15H9F2N3/c1-20-14-6-9(8-18)2-5-13(14)19-15(20)10-3-4-11(16)12(17)7-10/h2-7H,1H3. The third-order valence-electron chi connectivity index (χ3n) is 3.19. The molecule has 0 radical (unpaired) electrons. The first-order valence-corrected chi connectivity index (χ1v) is 5.92. The van der Waals surface area contributed by atoms with E-state index in [0.717, 1.165) is 17.6 Å². The zero-order valence-electron chi connectivity index (χ0n) is 10.6. The summed E-state index contributed by atoms with van der Waals surface area (Å²) >= 11 is 0. The van der Waals surface area contributed by atoms with Gasteiger partial charge in [-0.15, -0.1) is 0 Å². The lowest BCUT2D eigenvalue weighted by molar-refractivity contribution is 0.509. The van der Waals surface area contributed by atoms with Gasteiger partial charge < -0.3 is 4.57 Å². The topological polar surface area (TPSA) is 41.6 Å². The number of aryl methyl sites for hydroxylation is 1. The van der Waals surface area contributed by atoms with Crippen LogP contribution in [0.15, 0.2) is 36.4 Å². The molecule has 3 nitrogen and oxygen atoms in total. The van der Waals surface area contributed by atoms with Gasteiger partial charge in [0.15, 0.2) is 11.6 Å². The maximum absolute atomic E-state index is 13.3. The van der Waals surface area contributed by atoms with E-state index in [1.807, 2.05) is 0 Å². The molecule has 0 aliphatic heterocycles. The van der Waals surface area contributed by atoms with E-state index in [0.29, 0.717) is 22.5 Å². The number of aromatic nitrogens is 2. The molecule has 0 spiro atoms. The Morgan fingerprint density at radius 3 is 2.60 bits per heavy atom. The summed E-state index contributed by atoms with van der Waals surface area (Å²) in [4.78, 5) is 4.39. The maximum Gasteiger partial charge on any atom is 0.159 e. The van der Waals surface area contributed by atoms with Crippen LogP contribution in [0.1, 0.15) is 5.56 Å². The number of hydrogen-bond donors (Lipinski definition) is 0. The molecule has 0 saturated heterocycles. The van der Waals surface area contributed by atoms with Crippen LogP contribution in [-0.2, 0) is 7.05 Å². The SMILES string of the molecule is Cn1c(-c2ccc(F)c(F)c2)nc2ccc(C#N)cc21. The van der Waals surface area contributed by atoms with Gasteiger partial charge in [0.05, 0.1) is 22.7 Å². The number of imidazole rings is 1. The molecule has 3 aromatic rings. The van der Waals surface area contributed by atoms with E-state index >= 15 is 0 Å². The lowest BCUT2D eigenvalue weighted by atomic mass is 10.2. The van der Waals surface area contributed by atoms with Crippen LogP contribution in [0.2, 0.25) is 0 Å². The van der Waals surface area contributed by atoms with E-state index in [1.54, 1.807) is 29.8 Å². The Kier molecular flexibility index (Phi) is 2.72.